The molecule has 120 valence electrons. The van der Waals surface area contributed by atoms with Crippen LogP contribution in [-0.2, 0) is 9.84 Å². The van der Waals surface area contributed by atoms with E-state index in [2.05, 4.69) is 31.0 Å². The second kappa shape index (κ2) is 8.51. The normalized spacial score (nSPS) is 13.6. The maximum absolute atomic E-state index is 11.4. The number of sulfone groups is 1. The Kier molecular flexibility index (Phi) is 7.35. The molecule has 0 saturated heterocycles. The van der Waals surface area contributed by atoms with Crippen LogP contribution in [0.4, 0.5) is 0 Å². The molecule has 0 saturated carbocycles. The monoisotopic (exact) mass is 312 g/mol. The predicted molar refractivity (Wildman–Crippen MR) is 88.4 cm³/mol. The average Bonchev–Trinajstić information content (AvgIpc) is 2.46. The zero-order chi connectivity index (χ0) is 15.9. The van der Waals surface area contributed by atoms with Crippen molar-refractivity contribution in [1.82, 2.24) is 10.2 Å². The number of hydrogen-bond donors (Lipinski definition) is 1. The van der Waals surface area contributed by atoms with Crippen LogP contribution in [0.3, 0.4) is 0 Å². The van der Waals surface area contributed by atoms with Gasteiger partial charge in [-0.2, -0.15) is 0 Å². The molecule has 1 atom stereocenters. The van der Waals surface area contributed by atoms with E-state index in [0.29, 0.717) is 4.90 Å². The highest BCUT2D eigenvalue weighted by molar-refractivity contribution is 7.90. The molecule has 0 aliphatic carbocycles. The molecule has 0 aliphatic heterocycles. The summed E-state index contributed by atoms with van der Waals surface area (Å²) in [6.45, 7) is 10.7. The Morgan fingerprint density at radius 3 is 2.19 bits per heavy atom. The van der Waals surface area contributed by atoms with E-state index >= 15 is 0 Å². The largest absolute Gasteiger partial charge is 0.310 e. The molecule has 1 aromatic rings. The second-order valence-electron chi connectivity index (χ2n) is 5.40. The van der Waals surface area contributed by atoms with Crippen molar-refractivity contribution in [2.75, 3.05) is 32.4 Å². The molecule has 1 aromatic carbocycles. The Labute approximate surface area is 129 Å². The first kappa shape index (κ1) is 18.1. The van der Waals surface area contributed by atoms with Crippen LogP contribution in [0.1, 0.15) is 38.8 Å². The Morgan fingerprint density at radius 1 is 1.14 bits per heavy atom. The molecule has 0 spiro atoms. The van der Waals surface area contributed by atoms with Gasteiger partial charge >= 0.3 is 0 Å². The second-order valence-corrected chi connectivity index (χ2v) is 7.41. The van der Waals surface area contributed by atoms with Crippen molar-refractivity contribution >= 4 is 9.84 Å². The van der Waals surface area contributed by atoms with Gasteiger partial charge in [-0.25, -0.2) is 8.42 Å². The quantitative estimate of drug-likeness (QED) is 0.712. The first-order chi connectivity index (χ1) is 9.88. The highest BCUT2D eigenvalue weighted by Crippen LogP contribution is 2.16. The van der Waals surface area contributed by atoms with Gasteiger partial charge in [-0.05, 0) is 57.2 Å². The lowest BCUT2D eigenvalue weighted by molar-refractivity contribution is 0.296. The van der Waals surface area contributed by atoms with Gasteiger partial charge in [-0.3, -0.25) is 0 Å². The third kappa shape index (κ3) is 6.16. The third-order valence-corrected chi connectivity index (χ3v) is 4.93. The number of nitrogens with zero attached hydrogens (tertiary/aromatic N) is 1. The van der Waals surface area contributed by atoms with Crippen molar-refractivity contribution in [1.29, 1.82) is 0 Å². The van der Waals surface area contributed by atoms with Gasteiger partial charge in [0.15, 0.2) is 9.84 Å². The Bertz CT molecular complexity index is 508. The van der Waals surface area contributed by atoms with E-state index in [0.717, 1.165) is 38.2 Å². The summed E-state index contributed by atoms with van der Waals surface area (Å²) >= 11 is 0. The van der Waals surface area contributed by atoms with Gasteiger partial charge in [0, 0.05) is 12.3 Å². The predicted octanol–water partition coefficient (Wildman–Crippen LogP) is 2.47. The van der Waals surface area contributed by atoms with E-state index < -0.39 is 9.84 Å². The van der Waals surface area contributed by atoms with Gasteiger partial charge in [0.05, 0.1) is 4.90 Å². The smallest absolute Gasteiger partial charge is 0.175 e. The van der Waals surface area contributed by atoms with Crippen molar-refractivity contribution in [3.63, 3.8) is 0 Å². The summed E-state index contributed by atoms with van der Waals surface area (Å²) < 4.78 is 22.9. The molecule has 21 heavy (non-hydrogen) atoms. The summed E-state index contributed by atoms with van der Waals surface area (Å²) in [6.07, 6.45) is 2.35. The van der Waals surface area contributed by atoms with E-state index in [1.807, 2.05) is 12.1 Å². The molecule has 0 heterocycles. The molecule has 1 rings (SSSR count). The van der Waals surface area contributed by atoms with Crippen molar-refractivity contribution in [3.8, 4) is 0 Å². The molecule has 0 aromatic heterocycles. The molecule has 0 bridgehead atoms. The van der Waals surface area contributed by atoms with Crippen LogP contribution in [0, 0.1) is 0 Å². The summed E-state index contributed by atoms with van der Waals surface area (Å²) in [5.41, 5.74) is 1.12. The summed E-state index contributed by atoms with van der Waals surface area (Å²) in [4.78, 5) is 2.78. The topological polar surface area (TPSA) is 49.4 Å². The van der Waals surface area contributed by atoms with Crippen molar-refractivity contribution < 1.29 is 8.42 Å². The third-order valence-electron chi connectivity index (χ3n) is 3.80. The molecule has 0 amide bonds. The molecule has 1 unspecified atom stereocenters. The minimum atomic E-state index is -3.11. The lowest BCUT2D eigenvalue weighted by Gasteiger charge is -2.19. The highest BCUT2D eigenvalue weighted by Gasteiger charge is 2.09. The fourth-order valence-electron chi connectivity index (χ4n) is 2.28. The molecule has 1 N–H and O–H groups in total. The van der Waals surface area contributed by atoms with E-state index in [1.165, 1.54) is 6.26 Å². The standard InChI is InChI=1S/C16H28N2O2S/c1-5-18(6-2)13-7-12-17-14(3)15-8-10-16(11-9-15)21(4,19)20/h8-11,14,17H,5-7,12-13H2,1-4H3. The zero-order valence-corrected chi connectivity index (χ0v) is 14.4. The van der Waals surface area contributed by atoms with Crippen LogP contribution < -0.4 is 5.32 Å². The highest BCUT2D eigenvalue weighted by atomic mass is 32.2. The van der Waals surface area contributed by atoms with Crippen LogP contribution in [-0.4, -0.2) is 45.8 Å². The minimum absolute atomic E-state index is 0.232. The maximum Gasteiger partial charge on any atom is 0.175 e. The minimum Gasteiger partial charge on any atom is -0.310 e. The molecule has 0 fully saturated rings. The molecular weight excluding hydrogens is 284 g/mol. The Hall–Kier alpha value is -0.910. The first-order valence-electron chi connectivity index (χ1n) is 7.64. The Balaban J connectivity index is 2.44. The number of benzene rings is 1. The summed E-state index contributed by atoms with van der Waals surface area (Å²) in [5.74, 6) is 0. The first-order valence-corrected chi connectivity index (χ1v) is 9.53. The van der Waals surface area contributed by atoms with Gasteiger partial charge in [0.25, 0.3) is 0 Å². The molecule has 0 aliphatic rings. The van der Waals surface area contributed by atoms with Crippen molar-refractivity contribution in [2.24, 2.45) is 0 Å². The van der Waals surface area contributed by atoms with E-state index in [4.69, 9.17) is 0 Å². The number of rotatable bonds is 9. The summed E-state index contributed by atoms with van der Waals surface area (Å²) in [6, 6.07) is 7.37. The van der Waals surface area contributed by atoms with Gasteiger partial charge in [0.2, 0.25) is 0 Å². The van der Waals surface area contributed by atoms with Crippen LogP contribution in [0.2, 0.25) is 0 Å². The van der Waals surface area contributed by atoms with Crippen molar-refractivity contribution in [2.45, 2.75) is 38.1 Å². The lowest BCUT2D eigenvalue weighted by Crippen LogP contribution is -2.28. The van der Waals surface area contributed by atoms with Gasteiger partial charge in [0.1, 0.15) is 0 Å². The van der Waals surface area contributed by atoms with Crippen LogP contribution in [0.5, 0.6) is 0 Å². The molecule has 5 heteroatoms. The lowest BCUT2D eigenvalue weighted by atomic mass is 10.1. The summed E-state index contributed by atoms with van der Waals surface area (Å²) in [5, 5.41) is 3.48. The van der Waals surface area contributed by atoms with Gasteiger partial charge in [-0.15, -0.1) is 0 Å². The molecule has 4 nitrogen and oxygen atoms in total. The van der Waals surface area contributed by atoms with E-state index in [9.17, 15) is 8.42 Å². The van der Waals surface area contributed by atoms with Gasteiger partial charge < -0.3 is 10.2 Å². The fourth-order valence-corrected chi connectivity index (χ4v) is 2.91. The molecular formula is C16H28N2O2S. The Morgan fingerprint density at radius 2 is 1.71 bits per heavy atom. The zero-order valence-electron chi connectivity index (χ0n) is 13.6. The van der Waals surface area contributed by atoms with Gasteiger partial charge in [-0.1, -0.05) is 26.0 Å². The number of hydrogen-bond acceptors (Lipinski definition) is 4. The van der Waals surface area contributed by atoms with Crippen LogP contribution in [0.25, 0.3) is 0 Å². The molecule has 0 radical (unpaired) electrons. The van der Waals surface area contributed by atoms with E-state index in [1.54, 1.807) is 12.1 Å². The number of nitrogens with one attached hydrogen (secondary N) is 1. The van der Waals surface area contributed by atoms with Crippen molar-refractivity contribution in [3.05, 3.63) is 29.8 Å². The average molecular weight is 312 g/mol. The van der Waals surface area contributed by atoms with E-state index in [-0.39, 0.29) is 6.04 Å². The van der Waals surface area contributed by atoms with Crippen LogP contribution in [0.15, 0.2) is 29.2 Å². The van der Waals surface area contributed by atoms with Crippen LogP contribution >= 0.6 is 0 Å². The summed E-state index contributed by atoms with van der Waals surface area (Å²) in [7, 11) is -3.11. The maximum atomic E-state index is 11.4. The SMILES string of the molecule is CCN(CC)CCCNC(C)c1ccc(S(C)(=O)=O)cc1. The fraction of sp³-hybridized carbons (Fsp3) is 0.625.